The second-order valence-electron chi connectivity index (χ2n) is 8.11. The summed E-state index contributed by atoms with van der Waals surface area (Å²) in [4.78, 5) is 27.9. The number of nitrogens with one attached hydrogen (secondary N) is 1. The Kier molecular flexibility index (Phi) is 7.30. The maximum Gasteiger partial charge on any atom is 0.254 e. The van der Waals surface area contributed by atoms with Gasteiger partial charge in [0, 0.05) is 29.2 Å². The number of nitrogens with zero attached hydrogens (tertiary/aromatic N) is 1. The van der Waals surface area contributed by atoms with E-state index < -0.39 is 6.04 Å². The fourth-order valence-electron chi connectivity index (χ4n) is 4.25. The van der Waals surface area contributed by atoms with Crippen molar-refractivity contribution >= 4 is 23.4 Å². The molecule has 0 bridgehead atoms. The van der Waals surface area contributed by atoms with Gasteiger partial charge in [-0.25, -0.2) is 0 Å². The lowest BCUT2D eigenvalue weighted by molar-refractivity contribution is -0.124. The van der Waals surface area contributed by atoms with Gasteiger partial charge in [0.1, 0.15) is 11.8 Å². The summed E-state index contributed by atoms with van der Waals surface area (Å²) in [6.45, 7) is 1.09. The van der Waals surface area contributed by atoms with E-state index in [1.165, 1.54) is 0 Å². The SMILES string of the molecule is COc1ccccc1-c1cccc(C(=O)N2CCC[C@H]2C(=O)NCCc2ccc(Cl)cc2)c1. The summed E-state index contributed by atoms with van der Waals surface area (Å²) >= 11 is 5.92. The van der Waals surface area contributed by atoms with Crippen molar-refractivity contribution in [2.24, 2.45) is 0 Å². The van der Waals surface area contributed by atoms with Crippen LogP contribution in [0.2, 0.25) is 5.02 Å². The standard InChI is InChI=1S/C27H27ClN2O3/c1-33-25-10-3-2-8-23(25)20-6-4-7-21(18-20)27(32)30-17-5-9-24(30)26(31)29-16-15-19-11-13-22(28)14-12-19/h2-4,6-8,10-14,18,24H,5,9,15-17H2,1H3,(H,29,31)/t24-/m0/s1. The molecule has 3 aromatic rings. The molecule has 0 aliphatic carbocycles. The van der Waals surface area contributed by atoms with Gasteiger partial charge in [0.05, 0.1) is 7.11 Å². The van der Waals surface area contributed by atoms with E-state index in [0.29, 0.717) is 36.5 Å². The lowest BCUT2D eigenvalue weighted by Crippen LogP contribution is -2.46. The molecule has 6 heteroatoms. The summed E-state index contributed by atoms with van der Waals surface area (Å²) in [6.07, 6.45) is 2.20. The van der Waals surface area contributed by atoms with Gasteiger partial charge in [-0.05, 0) is 60.7 Å². The van der Waals surface area contributed by atoms with Crippen molar-refractivity contribution in [3.8, 4) is 16.9 Å². The Hall–Kier alpha value is -3.31. The zero-order chi connectivity index (χ0) is 23.2. The Morgan fingerprint density at radius 2 is 1.85 bits per heavy atom. The lowest BCUT2D eigenvalue weighted by Gasteiger charge is -2.24. The second kappa shape index (κ2) is 10.5. The van der Waals surface area contributed by atoms with Gasteiger partial charge in [-0.3, -0.25) is 9.59 Å². The molecule has 1 atom stereocenters. The van der Waals surface area contributed by atoms with Crippen molar-refractivity contribution in [3.05, 3.63) is 88.9 Å². The number of para-hydroxylation sites is 1. The average Bonchev–Trinajstić information content (AvgIpc) is 3.35. The number of hydrogen-bond acceptors (Lipinski definition) is 3. The molecule has 1 aliphatic heterocycles. The van der Waals surface area contributed by atoms with Gasteiger partial charge in [0.2, 0.25) is 5.91 Å². The Morgan fingerprint density at radius 1 is 1.06 bits per heavy atom. The number of rotatable bonds is 7. The lowest BCUT2D eigenvalue weighted by atomic mass is 10.0. The van der Waals surface area contributed by atoms with Crippen LogP contribution >= 0.6 is 11.6 Å². The summed E-state index contributed by atoms with van der Waals surface area (Å²) in [7, 11) is 1.63. The van der Waals surface area contributed by atoms with Crippen LogP contribution < -0.4 is 10.1 Å². The first-order chi connectivity index (χ1) is 16.1. The van der Waals surface area contributed by atoms with Crippen molar-refractivity contribution in [2.45, 2.75) is 25.3 Å². The highest BCUT2D eigenvalue weighted by atomic mass is 35.5. The molecule has 0 radical (unpaired) electrons. The van der Waals surface area contributed by atoms with Crippen molar-refractivity contribution in [1.82, 2.24) is 10.2 Å². The Labute approximate surface area is 199 Å². The highest BCUT2D eigenvalue weighted by Gasteiger charge is 2.34. The third-order valence-electron chi connectivity index (χ3n) is 5.97. The summed E-state index contributed by atoms with van der Waals surface area (Å²) in [5.74, 6) is 0.527. The summed E-state index contributed by atoms with van der Waals surface area (Å²) in [5, 5.41) is 3.69. The molecule has 3 aromatic carbocycles. The Morgan fingerprint density at radius 3 is 2.64 bits per heavy atom. The van der Waals surface area contributed by atoms with Crippen LogP contribution in [0.1, 0.15) is 28.8 Å². The van der Waals surface area contributed by atoms with Crippen molar-refractivity contribution in [3.63, 3.8) is 0 Å². The summed E-state index contributed by atoms with van der Waals surface area (Å²) in [6, 6.07) is 22.4. The minimum absolute atomic E-state index is 0.101. The molecular weight excluding hydrogens is 436 g/mol. The zero-order valence-electron chi connectivity index (χ0n) is 18.6. The number of halogens is 1. The van der Waals surface area contributed by atoms with E-state index in [0.717, 1.165) is 28.9 Å². The predicted octanol–water partition coefficient (Wildman–Crippen LogP) is 4.98. The molecule has 1 fully saturated rings. The molecule has 0 aromatic heterocycles. The first-order valence-electron chi connectivity index (χ1n) is 11.1. The molecule has 0 saturated carbocycles. The molecule has 4 rings (SSSR count). The minimum Gasteiger partial charge on any atom is -0.496 e. The van der Waals surface area contributed by atoms with Gasteiger partial charge in [-0.1, -0.05) is 54.1 Å². The van der Waals surface area contributed by atoms with Gasteiger partial charge in [-0.2, -0.15) is 0 Å². The number of methoxy groups -OCH3 is 1. The van der Waals surface area contributed by atoms with Crippen LogP contribution in [-0.2, 0) is 11.2 Å². The highest BCUT2D eigenvalue weighted by molar-refractivity contribution is 6.30. The van der Waals surface area contributed by atoms with Gasteiger partial charge >= 0.3 is 0 Å². The molecule has 1 heterocycles. The van der Waals surface area contributed by atoms with E-state index in [1.807, 2.05) is 66.7 Å². The molecule has 1 saturated heterocycles. The molecule has 0 unspecified atom stereocenters. The average molecular weight is 463 g/mol. The van der Waals surface area contributed by atoms with Crippen LogP contribution in [-0.4, -0.2) is 43.0 Å². The van der Waals surface area contributed by atoms with Crippen LogP contribution in [0.3, 0.4) is 0 Å². The molecular formula is C27H27ClN2O3. The van der Waals surface area contributed by atoms with Crippen molar-refractivity contribution < 1.29 is 14.3 Å². The van der Waals surface area contributed by atoms with Gasteiger partial charge in [-0.15, -0.1) is 0 Å². The van der Waals surface area contributed by atoms with Gasteiger partial charge < -0.3 is 15.0 Å². The number of benzene rings is 3. The van der Waals surface area contributed by atoms with Crippen LogP contribution in [0.5, 0.6) is 5.75 Å². The summed E-state index contributed by atoms with van der Waals surface area (Å²) in [5.41, 5.74) is 3.50. The molecule has 33 heavy (non-hydrogen) atoms. The highest BCUT2D eigenvalue weighted by Crippen LogP contribution is 2.30. The van der Waals surface area contributed by atoms with E-state index in [-0.39, 0.29) is 11.8 Å². The number of carbonyl (C=O) groups is 2. The topological polar surface area (TPSA) is 58.6 Å². The number of ether oxygens (including phenoxy) is 1. The first-order valence-corrected chi connectivity index (χ1v) is 11.5. The van der Waals surface area contributed by atoms with E-state index in [2.05, 4.69) is 5.32 Å². The quantitative estimate of drug-likeness (QED) is 0.538. The smallest absolute Gasteiger partial charge is 0.254 e. The number of amides is 2. The predicted molar refractivity (Wildman–Crippen MR) is 131 cm³/mol. The number of carbonyl (C=O) groups excluding carboxylic acids is 2. The molecule has 1 N–H and O–H groups in total. The molecule has 0 spiro atoms. The van der Waals surface area contributed by atoms with Crippen LogP contribution in [0.25, 0.3) is 11.1 Å². The van der Waals surface area contributed by atoms with Crippen LogP contribution in [0.4, 0.5) is 0 Å². The molecule has 170 valence electrons. The monoisotopic (exact) mass is 462 g/mol. The van der Waals surface area contributed by atoms with Crippen molar-refractivity contribution in [1.29, 1.82) is 0 Å². The first kappa shape index (κ1) is 22.9. The second-order valence-corrected chi connectivity index (χ2v) is 8.54. The third-order valence-corrected chi connectivity index (χ3v) is 6.22. The van der Waals surface area contributed by atoms with Gasteiger partial charge in [0.25, 0.3) is 5.91 Å². The molecule has 5 nitrogen and oxygen atoms in total. The fourth-order valence-corrected chi connectivity index (χ4v) is 4.38. The number of hydrogen-bond donors (Lipinski definition) is 1. The normalized spacial score (nSPS) is 15.3. The molecule has 2 amide bonds. The largest absolute Gasteiger partial charge is 0.496 e. The summed E-state index contributed by atoms with van der Waals surface area (Å²) < 4.78 is 5.47. The van der Waals surface area contributed by atoms with Crippen molar-refractivity contribution in [2.75, 3.05) is 20.2 Å². The molecule has 1 aliphatic rings. The van der Waals surface area contributed by atoms with E-state index in [4.69, 9.17) is 16.3 Å². The fraction of sp³-hybridized carbons (Fsp3) is 0.259. The van der Waals surface area contributed by atoms with Gasteiger partial charge in [0.15, 0.2) is 0 Å². The van der Waals surface area contributed by atoms with Crippen LogP contribution in [0, 0.1) is 0 Å². The Balaban J connectivity index is 1.43. The third kappa shape index (κ3) is 5.37. The van der Waals surface area contributed by atoms with E-state index >= 15 is 0 Å². The Bertz CT molecular complexity index is 1130. The maximum atomic E-state index is 13.3. The van der Waals surface area contributed by atoms with E-state index in [9.17, 15) is 9.59 Å². The zero-order valence-corrected chi connectivity index (χ0v) is 19.3. The maximum absolute atomic E-state index is 13.3. The van der Waals surface area contributed by atoms with E-state index in [1.54, 1.807) is 18.1 Å². The number of likely N-dealkylation sites (tertiary alicyclic amines) is 1. The minimum atomic E-state index is -0.447. The van der Waals surface area contributed by atoms with Crippen LogP contribution in [0.15, 0.2) is 72.8 Å².